The predicted octanol–water partition coefficient (Wildman–Crippen LogP) is 5.10. The Morgan fingerprint density at radius 1 is 1.13 bits per heavy atom. The quantitative estimate of drug-likeness (QED) is 0.661. The molecular formula is C13H14ClI. The molecule has 0 bridgehead atoms. The Hall–Kier alpha value is -0.0200. The van der Waals surface area contributed by atoms with E-state index in [4.69, 9.17) is 11.6 Å². The van der Waals surface area contributed by atoms with Crippen LogP contribution in [0.4, 0.5) is 0 Å². The number of allylic oxidation sites excluding steroid dienone is 1. The minimum absolute atomic E-state index is 0.284. The lowest BCUT2D eigenvalue weighted by Gasteiger charge is -2.25. The van der Waals surface area contributed by atoms with E-state index >= 15 is 0 Å². The Balaban J connectivity index is 2.36. The minimum atomic E-state index is 0.284. The second-order valence-corrected chi connectivity index (χ2v) is 5.32. The fourth-order valence-corrected chi connectivity index (χ4v) is 3.27. The largest absolute Gasteiger partial charge is 0.0843 e. The summed E-state index contributed by atoms with van der Waals surface area (Å²) < 4.78 is 2.15. The zero-order valence-corrected chi connectivity index (χ0v) is 11.5. The second kappa shape index (κ2) is 4.88. The summed E-state index contributed by atoms with van der Waals surface area (Å²) in [6, 6.07) is 8.34. The van der Waals surface area contributed by atoms with Gasteiger partial charge in [-0.3, -0.25) is 0 Å². The van der Waals surface area contributed by atoms with E-state index in [0.29, 0.717) is 0 Å². The normalized spacial score (nSPS) is 19.9. The first-order valence-electron chi connectivity index (χ1n) is 5.31. The molecule has 0 atom stereocenters. The molecule has 80 valence electrons. The Labute approximate surface area is 110 Å². The molecule has 0 amide bonds. The van der Waals surface area contributed by atoms with E-state index in [9.17, 15) is 0 Å². The lowest BCUT2D eigenvalue weighted by molar-refractivity contribution is 0.559. The number of benzene rings is 1. The van der Waals surface area contributed by atoms with Crippen LogP contribution in [0, 0.1) is 0 Å². The molecule has 1 aromatic rings. The van der Waals surface area contributed by atoms with Crippen LogP contribution in [0.2, 0.25) is 5.02 Å². The zero-order valence-electron chi connectivity index (χ0n) is 8.55. The van der Waals surface area contributed by atoms with Gasteiger partial charge >= 0.3 is 0 Å². The molecule has 1 saturated carbocycles. The molecular weight excluding hydrogens is 319 g/mol. The number of rotatable bonds is 2. The van der Waals surface area contributed by atoms with Gasteiger partial charge in [0.25, 0.3) is 0 Å². The zero-order chi connectivity index (χ0) is 10.7. The van der Waals surface area contributed by atoms with Gasteiger partial charge in [0.15, 0.2) is 0 Å². The van der Waals surface area contributed by atoms with Gasteiger partial charge in [-0.2, -0.15) is 0 Å². The SMILES string of the molecule is Clc1ccc(C2(C=CI)CCCC2)cc1. The second-order valence-electron chi connectivity index (χ2n) is 4.16. The molecule has 0 spiro atoms. The lowest BCUT2D eigenvalue weighted by atomic mass is 9.79. The van der Waals surface area contributed by atoms with Gasteiger partial charge in [0.05, 0.1) is 0 Å². The van der Waals surface area contributed by atoms with Gasteiger partial charge in [0, 0.05) is 10.4 Å². The third kappa shape index (κ3) is 2.39. The van der Waals surface area contributed by atoms with E-state index in [1.807, 2.05) is 12.1 Å². The molecule has 0 aliphatic heterocycles. The molecule has 0 nitrogen and oxygen atoms in total. The van der Waals surface area contributed by atoms with E-state index in [1.165, 1.54) is 31.2 Å². The van der Waals surface area contributed by atoms with Crippen LogP contribution in [0.15, 0.2) is 34.4 Å². The molecule has 2 rings (SSSR count). The first-order valence-corrected chi connectivity index (χ1v) is 6.93. The van der Waals surface area contributed by atoms with Crippen molar-refractivity contribution in [2.45, 2.75) is 31.1 Å². The van der Waals surface area contributed by atoms with Crippen molar-refractivity contribution in [3.63, 3.8) is 0 Å². The maximum Gasteiger partial charge on any atom is 0.0406 e. The lowest BCUT2D eigenvalue weighted by Crippen LogP contribution is -2.18. The first-order chi connectivity index (χ1) is 7.27. The Bertz CT molecular complexity index is 347. The molecule has 0 N–H and O–H groups in total. The number of halogens is 2. The first kappa shape index (κ1) is 11.5. The van der Waals surface area contributed by atoms with Gasteiger partial charge in [0.1, 0.15) is 0 Å². The molecule has 1 fully saturated rings. The Morgan fingerprint density at radius 3 is 2.27 bits per heavy atom. The molecule has 0 radical (unpaired) electrons. The average Bonchev–Trinajstić information content (AvgIpc) is 2.69. The summed E-state index contributed by atoms with van der Waals surface area (Å²) in [5.41, 5.74) is 1.70. The monoisotopic (exact) mass is 332 g/mol. The van der Waals surface area contributed by atoms with Crippen LogP contribution in [-0.4, -0.2) is 0 Å². The molecule has 0 aromatic heterocycles. The molecule has 0 unspecified atom stereocenters. The third-order valence-corrected chi connectivity index (χ3v) is 3.91. The third-order valence-electron chi connectivity index (χ3n) is 3.30. The van der Waals surface area contributed by atoms with E-state index in [1.54, 1.807) is 0 Å². The highest BCUT2D eigenvalue weighted by Gasteiger charge is 2.32. The Morgan fingerprint density at radius 2 is 1.73 bits per heavy atom. The Kier molecular flexibility index (Phi) is 3.73. The highest BCUT2D eigenvalue weighted by molar-refractivity contribution is 14.1. The van der Waals surface area contributed by atoms with Gasteiger partial charge in [0.2, 0.25) is 0 Å². The topological polar surface area (TPSA) is 0 Å². The van der Waals surface area contributed by atoms with Crippen molar-refractivity contribution in [2.24, 2.45) is 0 Å². The van der Waals surface area contributed by atoms with E-state index < -0.39 is 0 Å². The van der Waals surface area contributed by atoms with Crippen molar-refractivity contribution in [2.75, 3.05) is 0 Å². The summed E-state index contributed by atoms with van der Waals surface area (Å²) in [6.07, 6.45) is 7.57. The van der Waals surface area contributed by atoms with Crippen LogP contribution in [0.1, 0.15) is 31.2 Å². The van der Waals surface area contributed by atoms with Crippen molar-refractivity contribution in [3.8, 4) is 0 Å². The molecule has 1 aliphatic carbocycles. The smallest absolute Gasteiger partial charge is 0.0406 e. The molecule has 1 aromatic carbocycles. The number of hydrogen-bond donors (Lipinski definition) is 0. The highest BCUT2D eigenvalue weighted by atomic mass is 127. The summed E-state index contributed by atoms with van der Waals surface area (Å²) >= 11 is 8.24. The van der Waals surface area contributed by atoms with E-state index in [-0.39, 0.29) is 5.41 Å². The van der Waals surface area contributed by atoms with Crippen LogP contribution in [0.3, 0.4) is 0 Å². The summed E-state index contributed by atoms with van der Waals surface area (Å²) in [4.78, 5) is 0. The summed E-state index contributed by atoms with van der Waals surface area (Å²) in [6.45, 7) is 0. The summed E-state index contributed by atoms with van der Waals surface area (Å²) in [5.74, 6) is 0. The maximum atomic E-state index is 5.92. The van der Waals surface area contributed by atoms with Crippen LogP contribution >= 0.6 is 34.2 Å². The van der Waals surface area contributed by atoms with Gasteiger partial charge < -0.3 is 0 Å². The van der Waals surface area contributed by atoms with Crippen LogP contribution < -0.4 is 0 Å². The average molecular weight is 333 g/mol. The van der Waals surface area contributed by atoms with Gasteiger partial charge in [-0.1, -0.05) is 65.2 Å². The molecule has 0 heterocycles. The van der Waals surface area contributed by atoms with Crippen molar-refractivity contribution in [1.82, 2.24) is 0 Å². The van der Waals surface area contributed by atoms with Crippen LogP contribution in [0.5, 0.6) is 0 Å². The summed E-state index contributed by atoms with van der Waals surface area (Å²) in [7, 11) is 0. The van der Waals surface area contributed by atoms with Gasteiger partial charge in [-0.15, -0.1) is 0 Å². The van der Waals surface area contributed by atoms with Crippen molar-refractivity contribution in [1.29, 1.82) is 0 Å². The van der Waals surface area contributed by atoms with Crippen molar-refractivity contribution in [3.05, 3.63) is 45.0 Å². The highest BCUT2D eigenvalue weighted by Crippen LogP contribution is 2.42. The maximum absolute atomic E-state index is 5.92. The summed E-state index contributed by atoms with van der Waals surface area (Å²) in [5, 5.41) is 0.824. The predicted molar refractivity (Wildman–Crippen MR) is 74.8 cm³/mol. The molecule has 2 heteroatoms. The van der Waals surface area contributed by atoms with Crippen molar-refractivity contribution < 1.29 is 0 Å². The minimum Gasteiger partial charge on any atom is -0.0843 e. The fourth-order valence-electron chi connectivity index (χ4n) is 2.46. The van der Waals surface area contributed by atoms with Gasteiger partial charge in [-0.25, -0.2) is 0 Å². The molecule has 15 heavy (non-hydrogen) atoms. The van der Waals surface area contributed by atoms with E-state index in [2.05, 4.69) is 44.9 Å². The fraction of sp³-hybridized carbons (Fsp3) is 0.385. The van der Waals surface area contributed by atoms with E-state index in [0.717, 1.165) is 5.02 Å². The molecule has 0 saturated heterocycles. The van der Waals surface area contributed by atoms with Crippen molar-refractivity contribution >= 4 is 34.2 Å². The van der Waals surface area contributed by atoms with Gasteiger partial charge in [-0.05, 0) is 34.6 Å². The standard InChI is InChI=1S/C13H14ClI/c14-12-5-3-11(4-6-12)13(9-10-15)7-1-2-8-13/h3-6,9-10H,1-2,7-8H2. The number of hydrogen-bond acceptors (Lipinski definition) is 0. The van der Waals surface area contributed by atoms with Crippen LogP contribution in [0.25, 0.3) is 0 Å². The van der Waals surface area contributed by atoms with Crippen LogP contribution in [-0.2, 0) is 5.41 Å². The molecule has 1 aliphatic rings.